The van der Waals surface area contributed by atoms with Crippen molar-refractivity contribution in [3.8, 4) is 5.00 Å². The summed E-state index contributed by atoms with van der Waals surface area (Å²) in [5.41, 5.74) is 2.84. The number of alkyl halides is 3. The molecule has 0 radical (unpaired) electrons. The first-order valence-corrected chi connectivity index (χ1v) is 13.1. The Kier molecular flexibility index (Phi) is 6.82. The van der Waals surface area contributed by atoms with E-state index in [0.717, 1.165) is 45.3 Å². The zero-order valence-electron chi connectivity index (χ0n) is 21.9. The molecule has 2 N–H and O–H groups in total. The SMILES string of the molecule is Cc1sc2c(c1C)C(c1ccc(NC(=O)c3ccc(C(F)(F)F)cc3)cc1)=NC([C@H](C)C(=O)O)c1nnc(C)n1-2. The number of carbonyl (C=O) groups is 2. The normalized spacial score (nSPS) is 15.5. The van der Waals surface area contributed by atoms with E-state index in [2.05, 4.69) is 15.5 Å². The lowest BCUT2D eigenvalue weighted by Gasteiger charge is -2.16. The lowest BCUT2D eigenvalue weighted by atomic mass is 9.98. The van der Waals surface area contributed by atoms with Crippen LogP contribution in [0.3, 0.4) is 0 Å². The van der Waals surface area contributed by atoms with Gasteiger partial charge in [-0.2, -0.15) is 13.2 Å². The summed E-state index contributed by atoms with van der Waals surface area (Å²) < 4.78 is 40.4. The Morgan fingerprint density at radius 2 is 1.68 bits per heavy atom. The monoisotopic (exact) mass is 567 g/mol. The topological polar surface area (TPSA) is 109 Å². The predicted molar refractivity (Wildman–Crippen MR) is 144 cm³/mol. The number of nitrogens with zero attached hydrogens (tertiary/aromatic N) is 4. The number of carboxylic acids is 1. The lowest BCUT2D eigenvalue weighted by Crippen LogP contribution is -2.21. The highest BCUT2D eigenvalue weighted by Crippen LogP contribution is 2.40. The van der Waals surface area contributed by atoms with Gasteiger partial charge in [0.25, 0.3) is 5.91 Å². The molecule has 40 heavy (non-hydrogen) atoms. The lowest BCUT2D eigenvalue weighted by molar-refractivity contribution is -0.142. The number of carboxylic acid groups (broad SMARTS) is 1. The Balaban J connectivity index is 1.51. The number of nitrogens with one attached hydrogen (secondary N) is 1. The Morgan fingerprint density at radius 1 is 1.02 bits per heavy atom. The third-order valence-electron chi connectivity index (χ3n) is 6.94. The van der Waals surface area contributed by atoms with Gasteiger partial charge in [0.2, 0.25) is 0 Å². The Labute approximate surface area is 231 Å². The molecule has 4 aromatic rings. The molecular weight excluding hydrogens is 543 g/mol. The number of hydrogen-bond donors (Lipinski definition) is 2. The van der Waals surface area contributed by atoms with Crippen molar-refractivity contribution >= 4 is 34.6 Å². The number of aromatic nitrogens is 3. The summed E-state index contributed by atoms with van der Waals surface area (Å²) in [6, 6.07) is 10.0. The maximum Gasteiger partial charge on any atom is 0.416 e. The van der Waals surface area contributed by atoms with Gasteiger partial charge < -0.3 is 10.4 Å². The summed E-state index contributed by atoms with van der Waals surface area (Å²) in [5, 5.41) is 21.9. The molecule has 1 unspecified atom stereocenters. The zero-order valence-corrected chi connectivity index (χ0v) is 22.7. The van der Waals surface area contributed by atoms with Crippen molar-refractivity contribution in [1.29, 1.82) is 0 Å². The Morgan fingerprint density at radius 3 is 2.27 bits per heavy atom. The van der Waals surface area contributed by atoms with Crippen molar-refractivity contribution in [1.82, 2.24) is 14.8 Å². The van der Waals surface area contributed by atoms with E-state index in [0.29, 0.717) is 28.6 Å². The molecule has 12 heteroatoms. The van der Waals surface area contributed by atoms with Gasteiger partial charge in [0.15, 0.2) is 5.82 Å². The van der Waals surface area contributed by atoms with Crippen molar-refractivity contribution in [2.24, 2.45) is 10.9 Å². The van der Waals surface area contributed by atoms with Crippen molar-refractivity contribution < 1.29 is 27.9 Å². The van der Waals surface area contributed by atoms with E-state index in [9.17, 15) is 27.9 Å². The minimum absolute atomic E-state index is 0.0862. The van der Waals surface area contributed by atoms with Crippen molar-refractivity contribution in [2.45, 2.75) is 39.9 Å². The number of thiophene rings is 1. The predicted octanol–water partition coefficient (Wildman–Crippen LogP) is 6.14. The van der Waals surface area contributed by atoms with E-state index in [4.69, 9.17) is 4.99 Å². The number of fused-ring (bicyclic) bond motifs is 3. The molecule has 1 amide bonds. The van der Waals surface area contributed by atoms with E-state index < -0.39 is 35.6 Å². The van der Waals surface area contributed by atoms with Crippen LogP contribution in [0.25, 0.3) is 5.00 Å². The molecule has 2 atom stereocenters. The number of anilines is 1. The molecule has 0 aliphatic carbocycles. The van der Waals surface area contributed by atoms with Crippen LogP contribution >= 0.6 is 11.3 Å². The van der Waals surface area contributed by atoms with Gasteiger partial charge in [-0.15, -0.1) is 21.5 Å². The van der Waals surface area contributed by atoms with E-state index in [1.807, 2.05) is 25.3 Å². The van der Waals surface area contributed by atoms with Crippen LogP contribution in [0.4, 0.5) is 18.9 Å². The van der Waals surface area contributed by atoms with Gasteiger partial charge in [-0.25, -0.2) is 0 Å². The number of carbonyl (C=O) groups excluding carboxylic acids is 1. The average molecular weight is 568 g/mol. The number of aryl methyl sites for hydroxylation is 2. The summed E-state index contributed by atoms with van der Waals surface area (Å²) in [6.45, 7) is 7.38. The van der Waals surface area contributed by atoms with Gasteiger partial charge in [-0.1, -0.05) is 12.1 Å². The first-order chi connectivity index (χ1) is 18.9. The van der Waals surface area contributed by atoms with Crippen LogP contribution in [0.5, 0.6) is 0 Å². The van der Waals surface area contributed by atoms with Gasteiger partial charge in [0.05, 0.1) is 17.2 Å². The van der Waals surface area contributed by atoms with Crippen molar-refractivity contribution in [3.05, 3.63) is 92.9 Å². The average Bonchev–Trinajstić information content (AvgIpc) is 3.38. The minimum Gasteiger partial charge on any atom is -0.481 e. The standard InChI is InChI=1S/C28H24F3N5O3S/c1-13-15(3)40-26-21(13)23(33-22(14(2)27(38)39)24-35-34-16(4)36(24)26)17-7-11-20(12-8-17)32-25(37)18-5-9-19(10-6-18)28(29,30)31/h5-12,14,22H,1-4H3,(H,32,37)(H,38,39)/t14-,22?/m0/s1. The van der Waals surface area contributed by atoms with E-state index in [1.54, 1.807) is 42.5 Å². The Hall–Kier alpha value is -4.32. The fraction of sp³-hybridized carbons (Fsp3) is 0.250. The second kappa shape index (κ2) is 10.0. The van der Waals surface area contributed by atoms with E-state index >= 15 is 0 Å². The summed E-state index contributed by atoms with van der Waals surface area (Å²) >= 11 is 1.55. The first kappa shape index (κ1) is 27.3. The number of hydrogen-bond acceptors (Lipinski definition) is 6. The van der Waals surface area contributed by atoms with Crippen LogP contribution in [0.15, 0.2) is 53.5 Å². The number of halogens is 3. The van der Waals surface area contributed by atoms with Crippen LogP contribution in [0.1, 0.15) is 62.1 Å². The zero-order chi connectivity index (χ0) is 28.9. The van der Waals surface area contributed by atoms with Gasteiger partial charge in [-0.05, 0) is 69.7 Å². The van der Waals surface area contributed by atoms with E-state index in [1.165, 1.54) is 0 Å². The molecule has 0 saturated carbocycles. The highest BCUT2D eigenvalue weighted by atomic mass is 32.1. The quantitative estimate of drug-likeness (QED) is 0.301. The summed E-state index contributed by atoms with van der Waals surface area (Å²) in [5.74, 6) is -1.37. The largest absolute Gasteiger partial charge is 0.481 e. The number of rotatable bonds is 5. The van der Waals surface area contributed by atoms with E-state index in [-0.39, 0.29) is 5.56 Å². The van der Waals surface area contributed by atoms with Crippen LogP contribution in [0, 0.1) is 26.7 Å². The number of benzene rings is 2. The molecule has 3 heterocycles. The number of amides is 1. The molecule has 2 aromatic carbocycles. The molecular formula is C28H24F3N5O3S. The van der Waals surface area contributed by atoms with Crippen LogP contribution in [-0.2, 0) is 11.0 Å². The third-order valence-corrected chi connectivity index (χ3v) is 8.14. The van der Waals surface area contributed by atoms with Crippen molar-refractivity contribution in [3.63, 3.8) is 0 Å². The Bertz CT molecular complexity index is 1650. The molecule has 2 aromatic heterocycles. The van der Waals surface area contributed by atoms with Gasteiger partial charge in [-0.3, -0.25) is 19.1 Å². The van der Waals surface area contributed by atoms with Gasteiger partial charge in [0, 0.05) is 27.3 Å². The molecule has 0 saturated heterocycles. The van der Waals surface area contributed by atoms with Crippen LogP contribution in [-0.4, -0.2) is 37.5 Å². The highest BCUT2D eigenvalue weighted by Gasteiger charge is 2.36. The highest BCUT2D eigenvalue weighted by molar-refractivity contribution is 7.15. The molecule has 1 aliphatic rings. The molecule has 206 valence electrons. The molecule has 5 rings (SSSR count). The van der Waals surface area contributed by atoms with Crippen LogP contribution in [0.2, 0.25) is 0 Å². The van der Waals surface area contributed by atoms with Gasteiger partial charge in [0.1, 0.15) is 16.9 Å². The minimum atomic E-state index is -4.49. The second-order valence-electron chi connectivity index (χ2n) is 9.56. The number of aliphatic carboxylic acids is 1. The van der Waals surface area contributed by atoms with Gasteiger partial charge >= 0.3 is 12.1 Å². The molecule has 8 nitrogen and oxygen atoms in total. The second-order valence-corrected chi connectivity index (χ2v) is 10.8. The van der Waals surface area contributed by atoms with Crippen LogP contribution < -0.4 is 5.32 Å². The third kappa shape index (κ3) is 4.79. The molecule has 0 fully saturated rings. The maximum absolute atomic E-state index is 12.8. The smallest absolute Gasteiger partial charge is 0.416 e. The molecule has 0 bridgehead atoms. The fourth-order valence-electron chi connectivity index (χ4n) is 4.54. The fourth-order valence-corrected chi connectivity index (χ4v) is 5.76. The molecule has 1 aliphatic heterocycles. The molecule has 0 spiro atoms. The number of aliphatic imine (C=N–C) groups is 1. The first-order valence-electron chi connectivity index (χ1n) is 12.3. The summed E-state index contributed by atoms with van der Waals surface area (Å²) in [7, 11) is 0. The summed E-state index contributed by atoms with van der Waals surface area (Å²) in [6.07, 6.45) is -4.49. The summed E-state index contributed by atoms with van der Waals surface area (Å²) in [4.78, 5) is 30.7. The maximum atomic E-state index is 12.8. The van der Waals surface area contributed by atoms with Crippen molar-refractivity contribution in [2.75, 3.05) is 5.32 Å².